The highest BCUT2D eigenvalue weighted by Gasteiger charge is 2.11. The molecule has 0 saturated heterocycles. The Bertz CT molecular complexity index is 688. The van der Waals surface area contributed by atoms with E-state index in [2.05, 4.69) is 0 Å². The van der Waals surface area contributed by atoms with Crippen LogP contribution < -0.4 is 5.48 Å². The molecule has 0 aliphatic heterocycles. The molecule has 2 aromatic rings. The highest BCUT2D eigenvalue weighted by atomic mass is 16.5. The summed E-state index contributed by atoms with van der Waals surface area (Å²) in [5, 5.41) is 27.1. The predicted octanol–water partition coefficient (Wildman–Crippen LogP) is 3.34. The van der Waals surface area contributed by atoms with Gasteiger partial charge in [0.2, 0.25) is 0 Å². The van der Waals surface area contributed by atoms with Gasteiger partial charge >= 0.3 is 0 Å². The van der Waals surface area contributed by atoms with Crippen molar-refractivity contribution in [1.29, 1.82) is 10.5 Å². The normalized spacial score (nSPS) is 9.15. The van der Waals surface area contributed by atoms with E-state index in [1.165, 1.54) is 0 Å². The monoisotopic (exact) mass is 261 g/mol. The standard InChI is InChI=1S/C16H11N3O/c17-10-14(11-18)16(12-4-2-1-3-5-12)13-6-8-15(19-20)9-7-13/h1-9,19-20H. The van der Waals surface area contributed by atoms with Crippen LogP contribution in [0, 0.1) is 22.7 Å². The third kappa shape index (κ3) is 2.67. The smallest absolute Gasteiger partial charge is 0.138 e. The zero-order chi connectivity index (χ0) is 14.4. The summed E-state index contributed by atoms with van der Waals surface area (Å²) in [6.07, 6.45) is 0. The van der Waals surface area contributed by atoms with E-state index in [0.717, 1.165) is 11.1 Å². The van der Waals surface area contributed by atoms with Gasteiger partial charge < -0.3 is 0 Å². The number of benzene rings is 2. The minimum Gasteiger partial charge on any atom is -0.291 e. The molecule has 0 fully saturated rings. The Morgan fingerprint density at radius 1 is 0.850 bits per heavy atom. The van der Waals surface area contributed by atoms with Gasteiger partial charge in [-0.15, -0.1) is 0 Å². The van der Waals surface area contributed by atoms with Crippen molar-refractivity contribution in [3.05, 3.63) is 71.3 Å². The Morgan fingerprint density at radius 3 is 1.90 bits per heavy atom. The third-order valence-corrected chi connectivity index (χ3v) is 2.84. The summed E-state index contributed by atoms with van der Waals surface area (Å²) in [4.78, 5) is 0. The van der Waals surface area contributed by atoms with E-state index in [-0.39, 0.29) is 5.57 Å². The number of hydrogen-bond acceptors (Lipinski definition) is 4. The average Bonchev–Trinajstić information content (AvgIpc) is 2.53. The minimum atomic E-state index is 0.0564. The zero-order valence-corrected chi connectivity index (χ0v) is 10.5. The molecule has 4 nitrogen and oxygen atoms in total. The van der Waals surface area contributed by atoms with E-state index in [0.29, 0.717) is 11.3 Å². The molecule has 0 amide bonds. The molecule has 0 bridgehead atoms. The Balaban J connectivity index is 2.62. The van der Waals surface area contributed by atoms with E-state index in [4.69, 9.17) is 15.7 Å². The van der Waals surface area contributed by atoms with Crippen LogP contribution in [0.2, 0.25) is 0 Å². The van der Waals surface area contributed by atoms with Crippen LogP contribution in [0.25, 0.3) is 5.57 Å². The number of nitrogens with one attached hydrogen (secondary N) is 1. The zero-order valence-electron chi connectivity index (χ0n) is 10.5. The minimum absolute atomic E-state index is 0.0564. The Morgan fingerprint density at radius 2 is 1.40 bits per heavy atom. The number of nitrogens with zero attached hydrogens (tertiary/aromatic N) is 2. The second kappa shape index (κ2) is 6.19. The van der Waals surface area contributed by atoms with Gasteiger partial charge in [0.1, 0.15) is 17.7 Å². The van der Waals surface area contributed by atoms with Crippen molar-refractivity contribution in [2.75, 3.05) is 5.48 Å². The lowest BCUT2D eigenvalue weighted by molar-refractivity contribution is 0.389. The molecule has 4 heteroatoms. The number of rotatable bonds is 3. The van der Waals surface area contributed by atoms with Crippen LogP contribution in [0.3, 0.4) is 0 Å². The van der Waals surface area contributed by atoms with Crippen molar-refractivity contribution in [2.24, 2.45) is 0 Å². The summed E-state index contributed by atoms with van der Waals surface area (Å²) in [5.74, 6) is 0. The molecule has 0 heterocycles. The number of nitriles is 2. The molecule has 96 valence electrons. The summed E-state index contributed by atoms with van der Waals surface area (Å²) in [5.41, 5.74) is 4.77. The van der Waals surface area contributed by atoms with Gasteiger partial charge in [-0.2, -0.15) is 10.5 Å². The van der Waals surface area contributed by atoms with Crippen LogP contribution in [0.1, 0.15) is 11.1 Å². The fraction of sp³-hybridized carbons (Fsp3) is 0. The summed E-state index contributed by atoms with van der Waals surface area (Å²) in [6, 6.07) is 20.0. The summed E-state index contributed by atoms with van der Waals surface area (Å²) in [7, 11) is 0. The molecule has 0 unspecified atom stereocenters. The van der Waals surface area contributed by atoms with Crippen LogP contribution in [-0.2, 0) is 0 Å². The average molecular weight is 261 g/mol. The molecule has 0 atom stereocenters. The maximum absolute atomic E-state index is 9.14. The quantitative estimate of drug-likeness (QED) is 0.656. The van der Waals surface area contributed by atoms with E-state index in [9.17, 15) is 0 Å². The largest absolute Gasteiger partial charge is 0.291 e. The first-order valence-corrected chi connectivity index (χ1v) is 5.90. The van der Waals surface area contributed by atoms with Crippen LogP contribution >= 0.6 is 0 Å². The lowest BCUT2D eigenvalue weighted by Gasteiger charge is -2.09. The number of allylic oxidation sites excluding steroid dienone is 1. The molecule has 0 saturated carbocycles. The molecular formula is C16H11N3O. The van der Waals surface area contributed by atoms with Crippen molar-refractivity contribution in [1.82, 2.24) is 0 Å². The summed E-state index contributed by atoms with van der Waals surface area (Å²) < 4.78 is 0. The van der Waals surface area contributed by atoms with Gasteiger partial charge in [-0.1, -0.05) is 42.5 Å². The van der Waals surface area contributed by atoms with E-state index in [1.807, 2.05) is 48.0 Å². The highest BCUT2D eigenvalue weighted by Crippen LogP contribution is 2.27. The number of anilines is 1. The van der Waals surface area contributed by atoms with Crippen molar-refractivity contribution >= 4 is 11.3 Å². The van der Waals surface area contributed by atoms with Crippen molar-refractivity contribution < 1.29 is 5.21 Å². The second-order valence-electron chi connectivity index (χ2n) is 4.03. The maximum Gasteiger partial charge on any atom is 0.138 e. The fourth-order valence-corrected chi connectivity index (χ4v) is 1.91. The second-order valence-corrected chi connectivity index (χ2v) is 4.03. The van der Waals surface area contributed by atoms with Gasteiger partial charge in [0.05, 0.1) is 5.69 Å². The molecule has 2 N–H and O–H groups in total. The van der Waals surface area contributed by atoms with Gasteiger partial charge in [0.15, 0.2) is 0 Å². The van der Waals surface area contributed by atoms with Gasteiger partial charge in [-0.05, 0) is 23.3 Å². The predicted molar refractivity (Wildman–Crippen MR) is 75.5 cm³/mol. The molecule has 0 aliphatic rings. The molecule has 2 aromatic carbocycles. The first-order chi connectivity index (χ1) is 9.80. The molecule has 2 rings (SSSR count). The Hall–Kier alpha value is -3.08. The SMILES string of the molecule is N#CC(C#N)=C(c1ccccc1)c1ccc(NO)cc1. The molecule has 0 aliphatic carbocycles. The first-order valence-electron chi connectivity index (χ1n) is 5.90. The van der Waals surface area contributed by atoms with Gasteiger partial charge in [0.25, 0.3) is 0 Å². The van der Waals surface area contributed by atoms with Crippen LogP contribution in [0.15, 0.2) is 60.2 Å². The van der Waals surface area contributed by atoms with E-state index in [1.54, 1.807) is 24.3 Å². The molecule has 0 radical (unpaired) electrons. The van der Waals surface area contributed by atoms with E-state index < -0.39 is 0 Å². The Kier molecular flexibility index (Phi) is 4.14. The van der Waals surface area contributed by atoms with Crippen molar-refractivity contribution in [3.63, 3.8) is 0 Å². The van der Waals surface area contributed by atoms with Gasteiger partial charge in [-0.3, -0.25) is 10.7 Å². The van der Waals surface area contributed by atoms with Crippen molar-refractivity contribution in [2.45, 2.75) is 0 Å². The highest BCUT2D eigenvalue weighted by molar-refractivity contribution is 5.86. The topological polar surface area (TPSA) is 79.8 Å². The van der Waals surface area contributed by atoms with Crippen LogP contribution in [-0.4, -0.2) is 5.21 Å². The molecule has 0 aromatic heterocycles. The van der Waals surface area contributed by atoms with Gasteiger partial charge in [-0.25, -0.2) is 0 Å². The summed E-state index contributed by atoms with van der Waals surface area (Å²) >= 11 is 0. The lowest BCUT2D eigenvalue weighted by atomic mass is 9.94. The molecule has 20 heavy (non-hydrogen) atoms. The summed E-state index contributed by atoms with van der Waals surface area (Å²) in [6.45, 7) is 0. The van der Waals surface area contributed by atoms with E-state index >= 15 is 0 Å². The number of hydrogen-bond donors (Lipinski definition) is 2. The van der Waals surface area contributed by atoms with Gasteiger partial charge in [0, 0.05) is 5.57 Å². The Labute approximate surface area is 116 Å². The molecular weight excluding hydrogens is 250 g/mol. The molecule has 0 spiro atoms. The lowest BCUT2D eigenvalue weighted by Crippen LogP contribution is -1.94. The fourth-order valence-electron chi connectivity index (χ4n) is 1.91. The van der Waals surface area contributed by atoms with Crippen LogP contribution in [0.4, 0.5) is 5.69 Å². The van der Waals surface area contributed by atoms with Crippen LogP contribution in [0.5, 0.6) is 0 Å². The third-order valence-electron chi connectivity index (χ3n) is 2.84. The maximum atomic E-state index is 9.14. The first kappa shape index (κ1) is 13.4. The van der Waals surface area contributed by atoms with Crippen molar-refractivity contribution in [3.8, 4) is 12.1 Å².